The van der Waals surface area contributed by atoms with Gasteiger partial charge < -0.3 is 74.9 Å². The number of primary amides is 1. The van der Waals surface area contributed by atoms with Gasteiger partial charge in [-0.1, -0.05) is 107 Å². The first kappa shape index (κ1) is 78.7. The molecule has 4 aliphatic carbocycles. The molecule has 7 N–H and O–H groups in total. The summed E-state index contributed by atoms with van der Waals surface area (Å²) in [5, 5.41) is 23.0. The Hall–Kier alpha value is -8.48. The number of nitrogens with zero attached hydrogens (tertiary/aromatic N) is 1. The smallest absolute Gasteiger partial charge is 0.312 e. The largest absolute Gasteiger partial charge is 0.461 e. The van der Waals surface area contributed by atoms with E-state index in [0.717, 1.165) is 35.1 Å². The van der Waals surface area contributed by atoms with Crippen molar-refractivity contribution in [2.75, 3.05) is 82.8 Å². The molecule has 2 aliphatic heterocycles. The summed E-state index contributed by atoms with van der Waals surface area (Å²) in [4.78, 5) is 133. The number of aliphatic hydroxyl groups is 1. The number of benzene rings is 3. The summed E-state index contributed by atoms with van der Waals surface area (Å²) in [6, 6.07) is 20.0. The van der Waals surface area contributed by atoms with Crippen LogP contribution in [0.4, 0.5) is 16.2 Å². The van der Waals surface area contributed by atoms with Crippen LogP contribution in [0.5, 0.6) is 0 Å². The predicted octanol–water partition coefficient (Wildman–Crippen LogP) is 7.19. The minimum Gasteiger partial charge on any atom is -0.461 e. The summed E-state index contributed by atoms with van der Waals surface area (Å²) in [6.07, 6.45) is 6.29. The Morgan fingerprint density at radius 1 is 0.767 bits per heavy atom. The highest BCUT2D eigenvalue weighted by Crippen LogP contribution is 2.70. The molecule has 3 aromatic carbocycles. The maximum Gasteiger partial charge on any atom is 0.312 e. The number of aliphatic hydroxyl groups excluding tert-OH is 1. The maximum atomic E-state index is 14.6. The van der Waals surface area contributed by atoms with Crippen molar-refractivity contribution in [3.05, 3.63) is 119 Å². The van der Waals surface area contributed by atoms with Gasteiger partial charge in [-0.3, -0.25) is 43.2 Å². The Kier molecular flexibility index (Phi) is 28.5. The highest BCUT2D eigenvalue weighted by atomic mass is 16.7. The summed E-state index contributed by atoms with van der Waals surface area (Å²) in [7, 11) is 0. The van der Waals surface area contributed by atoms with Crippen LogP contribution in [0.3, 0.4) is 0 Å². The SMILES string of the molecule is CCCC1O[C@@H]2C[C@H]3[C@@H]4CCC5=CC(=O)C=C[C@]5(C)[C@H]4[C@@H](O)C[C@]3(C)[C@]2(C(=O)COC(=O)CCC(=O)OCc2ccc(NC(=O)[C@H](CCCNC(N)=O)CC(=O)[C@@H](NC(=O)CCOCCOCCOCCOCCNC(=O)CCC(=O)N3Cc4ccccc4C#Cc4ccccc43)C(C)C)cc2)O1. The van der Waals surface area contributed by atoms with E-state index in [0.29, 0.717) is 75.6 Å². The zero-order chi connectivity index (χ0) is 73.7. The molecule has 103 heavy (non-hydrogen) atoms. The van der Waals surface area contributed by atoms with Crippen molar-refractivity contribution in [2.45, 2.75) is 168 Å². The van der Waals surface area contributed by atoms with Crippen molar-refractivity contribution >= 4 is 70.3 Å². The highest BCUT2D eigenvalue weighted by Gasteiger charge is 2.76. The van der Waals surface area contributed by atoms with Crippen LogP contribution in [0, 0.1) is 52.3 Å². The van der Waals surface area contributed by atoms with Crippen LogP contribution >= 0.6 is 0 Å². The lowest BCUT2D eigenvalue weighted by Gasteiger charge is -2.59. The Balaban J connectivity index is 0.624. The normalized spacial score (nSPS) is 23.9. The van der Waals surface area contributed by atoms with Crippen LogP contribution in [0.25, 0.3) is 0 Å². The van der Waals surface area contributed by atoms with E-state index in [1.165, 1.54) is 0 Å². The summed E-state index contributed by atoms with van der Waals surface area (Å²) < 4.78 is 46.5. The lowest BCUT2D eigenvalue weighted by atomic mass is 9.46. The number of nitrogens with two attached hydrogens (primary N) is 1. The molecule has 1 saturated heterocycles. The van der Waals surface area contributed by atoms with Gasteiger partial charge in [0.25, 0.3) is 0 Å². The van der Waals surface area contributed by atoms with Gasteiger partial charge in [-0.05, 0) is 116 Å². The Morgan fingerprint density at radius 2 is 1.44 bits per heavy atom. The molecule has 3 aromatic rings. The number of hydrogen-bond donors (Lipinski definition) is 6. The van der Waals surface area contributed by atoms with Crippen LogP contribution in [0.1, 0.15) is 147 Å². The van der Waals surface area contributed by atoms with Gasteiger partial charge >= 0.3 is 18.0 Å². The Bertz CT molecular complexity index is 3660. The first-order valence-corrected chi connectivity index (χ1v) is 36.2. The molecule has 0 aromatic heterocycles. The van der Waals surface area contributed by atoms with E-state index < -0.39 is 89.1 Å². The second-order valence-electron chi connectivity index (χ2n) is 28.1. The molecule has 4 fully saturated rings. The van der Waals surface area contributed by atoms with Gasteiger partial charge in [-0.25, -0.2) is 4.79 Å². The van der Waals surface area contributed by atoms with Gasteiger partial charge in [0.15, 0.2) is 30.1 Å². The number of amides is 6. The second kappa shape index (κ2) is 37.3. The summed E-state index contributed by atoms with van der Waals surface area (Å²) in [5.41, 5.74) is 7.66. The molecule has 3 saturated carbocycles. The van der Waals surface area contributed by atoms with Gasteiger partial charge in [-0.2, -0.15) is 0 Å². The molecule has 1 unspecified atom stereocenters. The van der Waals surface area contributed by atoms with E-state index >= 15 is 0 Å². The number of anilines is 2. The average molecular weight is 1430 g/mol. The Labute approximate surface area is 602 Å². The lowest BCUT2D eigenvalue weighted by molar-refractivity contribution is -0.201. The van der Waals surface area contributed by atoms with Crippen molar-refractivity contribution in [1.29, 1.82) is 0 Å². The van der Waals surface area contributed by atoms with Crippen LogP contribution in [-0.4, -0.2) is 167 Å². The number of ether oxygens (including phenoxy) is 8. The molecule has 9 rings (SSSR count). The number of rotatable bonds is 39. The molecular weight excluding hydrogens is 1320 g/mol. The number of nitrogens with one attached hydrogen (secondary N) is 4. The third-order valence-corrected chi connectivity index (χ3v) is 20.8. The number of esters is 2. The first-order chi connectivity index (χ1) is 49.5. The van der Waals surface area contributed by atoms with Gasteiger partial charge in [0.2, 0.25) is 29.4 Å². The van der Waals surface area contributed by atoms with Gasteiger partial charge in [-0.15, -0.1) is 0 Å². The van der Waals surface area contributed by atoms with E-state index in [4.69, 9.17) is 43.6 Å². The quantitative estimate of drug-likeness (QED) is 0.0187. The zero-order valence-corrected chi connectivity index (χ0v) is 59.8. The highest BCUT2D eigenvalue weighted by molar-refractivity contribution is 6.01. The molecule has 6 amide bonds. The first-order valence-electron chi connectivity index (χ1n) is 36.2. The number of Topliss-reactive ketones (excluding diaryl/α,β-unsaturated/α-hetero) is 2. The molecule has 556 valence electrons. The lowest BCUT2D eigenvalue weighted by Crippen LogP contribution is -2.63. The van der Waals surface area contributed by atoms with Crippen LogP contribution in [0.15, 0.2) is 96.6 Å². The average Bonchev–Trinajstić information content (AvgIpc) is 1.53. The molecule has 6 aliphatic rings. The number of hydrogen-bond acceptors (Lipinski definition) is 19. The van der Waals surface area contributed by atoms with Crippen LogP contribution in [0.2, 0.25) is 0 Å². The number of carbonyl (C=O) groups is 10. The molecule has 25 heteroatoms. The zero-order valence-electron chi connectivity index (χ0n) is 59.8. The van der Waals surface area contributed by atoms with Crippen molar-refractivity contribution in [3.63, 3.8) is 0 Å². The molecule has 0 bridgehead atoms. The summed E-state index contributed by atoms with van der Waals surface area (Å²) >= 11 is 0. The fourth-order valence-corrected chi connectivity index (χ4v) is 15.7. The fraction of sp³-hybridized carbons (Fsp3) is 0.564. The molecule has 25 nitrogen and oxygen atoms in total. The van der Waals surface area contributed by atoms with Crippen LogP contribution < -0.4 is 31.9 Å². The van der Waals surface area contributed by atoms with E-state index in [1.807, 2.05) is 68.5 Å². The predicted molar refractivity (Wildman–Crippen MR) is 378 cm³/mol. The minimum absolute atomic E-state index is 0.0128. The van der Waals surface area contributed by atoms with E-state index in [2.05, 4.69) is 40.0 Å². The van der Waals surface area contributed by atoms with Crippen LogP contribution in [-0.2, 0) is 94.2 Å². The number of urea groups is 1. The van der Waals surface area contributed by atoms with Crippen molar-refractivity contribution in [3.8, 4) is 11.8 Å². The van der Waals surface area contributed by atoms with Gasteiger partial charge in [0.1, 0.15) is 6.61 Å². The monoisotopic (exact) mass is 1420 g/mol. The van der Waals surface area contributed by atoms with Crippen molar-refractivity contribution in [1.82, 2.24) is 16.0 Å². The standard InChI is InChI=1S/C78H100N6O19/c1-6-12-71-102-65-45-60-59-25-22-56-44-58(85)30-32-76(56,4)72(59)63(87)46-77(60,5)78(65,103-71)64(88)49-101-70(93)29-28-69(92)100-48-51-18-23-57(24-19-51)82-74(94)54(16-11-33-81-75(79)95)43-62(86)73(50(2)3)83-67(90)31-35-96-37-39-98-41-42-99-40-38-97-36-34-80-66(89)26-27-68(91)84-47-55-15-8-7-13-52(55)20-21-53-14-9-10-17-61(53)84/h7-10,13-15,17-19,23-24,30,32,44,50,54,59-60,63,65,71-73,87H,6,11-12,16,22,25-29,31,33-43,45-49H2,1-5H3,(H,80,89)(H,82,94)(H,83,90)(H3,79,81,95)/t54-,59+,60+,63+,65-,71?,72-,73+,76+,77+,78-/m1/s1. The van der Waals surface area contributed by atoms with E-state index in [9.17, 15) is 53.1 Å². The molecule has 11 atom stereocenters. The Morgan fingerprint density at radius 3 is 2.15 bits per heavy atom. The van der Waals surface area contributed by atoms with E-state index in [-0.39, 0.29) is 145 Å². The number of ketones is 3. The number of carbonyl (C=O) groups excluding carboxylic acids is 10. The topological polar surface area (TPSA) is 342 Å². The van der Waals surface area contributed by atoms with Crippen molar-refractivity contribution in [2.24, 2.45) is 46.2 Å². The van der Waals surface area contributed by atoms with Crippen molar-refractivity contribution < 1.29 is 90.9 Å². The second-order valence-corrected chi connectivity index (χ2v) is 28.1. The molecular formula is C78H100N6O19. The minimum atomic E-state index is -1.48. The third-order valence-electron chi connectivity index (χ3n) is 20.8. The third kappa shape index (κ3) is 20.3. The molecule has 2 heterocycles. The summed E-state index contributed by atoms with van der Waals surface area (Å²) in [5.74, 6) is 1.33. The number of para-hydroxylation sites is 1. The summed E-state index contributed by atoms with van der Waals surface area (Å²) in [6.45, 7) is 11.7. The fourth-order valence-electron chi connectivity index (χ4n) is 15.7. The van der Waals surface area contributed by atoms with Gasteiger partial charge in [0, 0.05) is 78.3 Å². The van der Waals surface area contributed by atoms with Gasteiger partial charge in [0.05, 0.1) is 96.2 Å². The maximum absolute atomic E-state index is 14.6. The van der Waals surface area contributed by atoms with E-state index in [1.54, 1.807) is 55.2 Å². The molecule has 0 spiro atoms. The number of allylic oxidation sites excluding steroid dienone is 4. The molecule has 0 radical (unpaired) electrons. The number of fused-ring (bicyclic) bond motifs is 9.